The Bertz CT molecular complexity index is 923. The molecule has 0 saturated heterocycles. The lowest BCUT2D eigenvalue weighted by atomic mass is 10.2. The van der Waals surface area contributed by atoms with E-state index in [9.17, 15) is 9.90 Å². The Morgan fingerprint density at radius 2 is 2.15 bits per heavy atom. The van der Waals surface area contributed by atoms with E-state index in [1.54, 1.807) is 49.4 Å². The van der Waals surface area contributed by atoms with Crippen LogP contribution in [-0.4, -0.2) is 27.8 Å². The lowest BCUT2D eigenvalue weighted by Gasteiger charge is -2.12. The highest BCUT2D eigenvalue weighted by Crippen LogP contribution is 2.18. The lowest BCUT2D eigenvalue weighted by molar-refractivity contribution is 0.0904. The molecule has 0 aliphatic carbocycles. The highest BCUT2D eigenvalue weighted by atomic mass is 35.5. The average molecular weight is 385 g/mol. The largest absolute Gasteiger partial charge is 0.419 e. The van der Waals surface area contributed by atoms with Gasteiger partial charge in [0, 0.05) is 21.7 Å². The molecule has 2 rings (SSSR count). The molecule has 1 aromatic heterocycles. The van der Waals surface area contributed by atoms with Gasteiger partial charge in [-0.1, -0.05) is 30.3 Å². The Labute approximate surface area is 161 Å². The van der Waals surface area contributed by atoms with Gasteiger partial charge in [0.25, 0.3) is 5.91 Å². The van der Waals surface area contributed by atoms with Crippen molar-refractivity contribution in [3.8, 4) is 6.07 Å². The smallest absolute Gasteiger partial charge is 0.251 e. The quantitative estimate of drug-likeness (QED) is 0.559. The third kappa shape index (κ3) is 5.64. The van der Waals surface area contributed by atoms with Crippen LogP contribution in [0.3, 0.4) is 0 Å². The van der Waals surface area contributed by atoms with E-state index in [0.717, 1.165) is 0 Å². The van der Waals surface area contributed by atoms with E-state index in [2.05, 4.69) is 22.1 Å². The molecular formula is C19H17ClN4O3. The molecule has 7 nitrogen and oxygen atoms in total. The molecule has 0 bridgehead atoms. The first-order valence-electron chi connectivity index (χ1n) is 7.89. The molecular weight excluding hydrogens is 368 g/mol. The second-order valence-electron chi connectivity index (χ2n) is 5.51. The van der Waals surface area contributed by atoms with Gasteiger partial charge in [0.05, 0.1) is 12.7 Å². The molecule has 0 aliphatic heterocycles. The van der Waals surface area contributed by atoms with Gasteiger partial charge in [0.2, 0.25) is 11.8 Å². The van der Waals surface area contributed by atoms with Crippen LogP contribution < -0.4 is 5.32 Å². The van der Waals surface area contributed by atoms with E-state index < -0.39 is 18.6 Å². The van der Waals surface area contributed by atoms with Gasteiger partial charge >= 0.3 is 0 Å². The van der Waals surface area contributed by atoms with Crippen LogP contribution in [0.5, 0.6) is 0 Å². The zero-order valence-electron chi connectivity index (χ0n) is 14.5. The van der Waals surface area contributed by atoms with Crippen LogP contribution in [0.25, 0.3) is 5.57 Å². The van der Waals surface area contributed by atoms with Gasteiger partial charge in [-0.05, 0) is 37.3 Å². The maximum Gasteiger partial charge on any atom is 0.251 e. The van der Waals surface area contributed by atoms with Crippen molar-refractivity contribution in [1.29, 1.82) is 5.26 Å². The van der Waals surface area contributed by atoms with Crippen molar-refractivity contribution in [3.05, 3.63) is 77.0 Å². The second-order valence-corrected chi connectivity index (χ2v) is 5.94. The number of nitrogens with zero attached hydrogens (tertiary/aromatic N) is 3. The molecule has 2 aromatic rings. The summed E-state index contributed by atoms with van der Waals surface area (Å²) in [7, 11) is 0. The SMILES string of the molecule is C=C(C#N)/C=C\C=C(/C)c1nnc([C@@H](CO)NC(=O)c2ccc(Cl)cc2)o1. The first-order valence-corrected chi connectivity index (χ1v) is 8.27. The number of aliphatic hydroxyl groups excluding tert-OH is 1. The Morgan fingerprint density at radius 1 is 1.44 bits per heavy atom. The number of aromatic nitrogens is 2. The molecule has 1 amide bonds. The fraction of sp³-hybridized carbons (Fsp3) is 0.158. The van der Waals surface area contributed by atoms with Gasteiger partial charge in [-0.2, -0.15) is 5.26 Å². The summed E-state index contributed by atoms with van der Waals surface area (Å²) in [5.41, 5.74) is 1.35. The van der Waals surface area contributed by atoms with Crippen LogP contribution in [0, 0.1) is 11.3 Å². The summed E-state index contributed by atoms with van der Waals surface area (Å²) in [6.07, 6.45) is 4.86. The standard InChI is InChI=1S/C19H17ClN4O3/c1-12(10-21)4-3-5-13(2)18-23-24-19(27-18)16(11-25)22-17(26)14-6-8-15(20)9-7-14/h3-9,16,25H,1,11H2,2H3,(H,22,26)/b4-3-,13-5+/t16-/m1/s1. The zero-order valence-corrected chi connectivity index (χ0v) is 15.3. The lowest BCUT2D eigenvalue weighted by Crippen LogP contribution is -2.31. The Hall–Kier alpha value is -3.21. The van der Waals surface area contributed by atoms with Gasteiger partial charge < -0.3 is 14.8 Å². The number of halogens is 1. The Morgan fingerprint density at radius 3 is 2.78 bits per heavy atom. The van der Waals surface area contributed by atoms with E-state index in [4.69, 9.17) is 21.3 Å². The average Bonchev–Trinajstić information content (AvgIpc) is 3.16. The summed E-state index contributed by atoms with van der Waals surface area (Å²) < 4.78 is 5.53. The highest BCUT2D eigenvalue weighted by Gasteiger charge is 2.21. The summed E-state index contributed by atoms with van der Waals surface area (Å²) >= 11 is 5.80. The normalized spacial score (nSPS) is 12.6. The second kappa shape index (κ2) is 9.48. The minimum Gasteiger partial charge on any atom is -0.419 e. The van der Waals surface area contributed by atoms with Gasteiger partial charge in [-0.15, -0.1) is 10.2 Å². The first-order chi connectivity index (χ1) is 12.9. The van der Waals surface area contributed by atoms with Crippen molar-refractivity contribution in [3.63, 3.8) is 0 Å². The topological polar surface area (TPSA) is 112 Å². The van der Waals surface area contributed by atoms with Crippen LogP contribution in [-0.2, 0) is 0 Å². The maximum absolute atomic E-state index is 12.3. The molecule has 8 heteroatoms. The molecule has 2 N–H and O–H groups in total. The first kappa shape index (κ1) is 20.1. The van der Waals surface area contributed by atoms with E-state index in [1.165, 1.54) is 0 Å². The van der Waals surface area contributed by atoms with Gasteiger partial charge in [-0.3, -0.25) is 4.79 Å². The molecule has 0 unspecified atom stereocenters. The van der Waals surface area contributed by atoms with E-state index in [0.29, 0.717) is 21.7 Å². The number of benzene rings is 1. The number of hydrogen-bond donors (Lipinski definition) is 2. The van der Waals surface area contributed by atoms with Crippen LogP contribution in [0.2, 0.25) is 5.02 Å². The number of hydrogen-bond acceptors (Lipinski definition) is 6. The van der Waals surface area contributed by atoms with Crippen LogP contribution >= 0.6 is 11.6 Å². The third-order valence-electron chi connectivity index (χ3n) is 3.46. The van der Waals surface area contributed by atoms with E-state index >= 15 is 0 Å². The number of amides is 1. The molecule has 27 heavy (non-hydrogen) atoms. The highest BCUT2D eigenvalue weighted by molar-refractivity contribution is 6.30. The van der Waals surface area contributed by atoms with E-state index in [-0.39, 0.29) is 11.8 Å². The summed E-state index contributed by atoms with van der Waals surface area (Å²) in [4.78, 5) is 12.3. The van der Waals surface area contributed by atoms with Crippen molar-refractivity contribution in [2.24, 2.45) is 0 Å². The molecule has 138 valence electrons. The van der Waals surface area contributed by atoms with Crippen LogP contribution in [0.15, 0.2) is 59.1 Å². The fourth-order valence-corrected chi connectivity index (χ4v) is 2.11. The number of carbonyl (C=O) groups excluding carboxylic acids is 1. The van der Waals surface area contributed by atoms with E-state index in [1.807, 2.05) is 6.07 Å². The van der Waals surface area contributed by atoms with Crippen LogP contribution in [0.1, 0.15) is 35.1 Å². The number of aliphatic hydroxyl groups is 1. The maximum atomic E-state index is 12.3. The molecule has 0 spiro atoms. The number of nitrogens with one attached hydrogen (secondary N) is 1. The number of rotatable bonds is 7. The summed E-state index contributed by atoms with van der Waals surface area (Å²) in [6, 6.07) is 7.38. The Balaban J connectivity index is 2.10. The molecule has 1 heterocycles. The van der Waals surface area contributed by atoms with Gasteiger partial charge in [0.15, 0.2) is 0 Å². The van der Waals surface area contributed by atoms with Gasteiger partial charge in [0.1, 0.15) is 6.04 Å². The van der Waals surface area contributed by atoms with Crippen LogP contribution in [0.4, 0.5) is 0 Å². The monoisotopic (exact) mass is 384 g/mol. The van der Waals surface area contributed by atoms with Crippen molar-refractivity contribution in [1.82, 2.24) is 15.5 Å². The number of allylic oxidation sites excluding steroid dienone is 5. The summed E-state index contributed by atoms with van der Waals surface area (Å²) in [5, 5.41) is 29.1. The molecule has 1 atom stereocenters. The molecule has 0 saturated carbocycles. The van der Waals surface area contributed by atoms with Crippen molar-refractivity contribution < 1.29 is 14.3 Å². The number of nitriles is 1. The molecule has 0 fully saturated rings. The van der Waals surface area contributed by atoms with Gasteiger partial charge in [-0.25, -0.2) is 0 Å². The zero-order chi connectivity index (χ0) is 19.8. The predicted molar refractivity (Wildman–Crippen MR) is 101 cm³/mol. The van der Waals surface area contributed by atoms with Crippen molar-refractivity contribution in [2.75, 3.05) is 6.61 Å². The summed E-state index contributed by atoms with van der Waals surface area (Å²) in [6.45, 7) is 4.87. The minimum atomic E-state index is -0.851. The fourth-order valence-electron chi connectivity index (χ4n) is 1.98. The number of carbonyl (C=O) groups is 1. The van der Waals surface area contributed by atoms with Crippen molar-refractivity contribution >= 4 is 23.1 Å². The summed E-state index contributed by atoms with van der Waals surface area (Å²) in [5.74, 6) is -0.0972. The third-order valence-corrected chi connectivity index (χ3v) is 3.71. The molecule has 0 aliphatic rings. The molecule has 1 aromatic carbocycles. The van der Waals surface area contributed by atoms with Crippen molar-refractivity contribution in [2.45, 2.75) is 13.0 Å². The molecule has 0 radical (unpaired) electrons. The Kier molecular flexibility index (Phi) is 7.06. The minimum absolute atomic E-state index is 0.0768. The predicted octanol–water partition coefficient (Wildman–Crippen LogP) is 3.23.